The quantitative estimate of drug-likeness (QED) is 0.281. The molecule has 0 aliphatic rings. The summed E-state index contributed by atoms with van der Waals surface area (Å²) in [5.74, 6) is 0.567. The van der Waals surface area contributed by atoms with Crippen molar-refractivity contribution in [2.24, 2.45) is 0 Å². The molecule has 0 aliphatic carbocycles. The molecule has 0 fully saturated rings. The first kappa shape index (κ1) is 28.5. The van der Waals surface area contributed by atoms with Gasteiger partial charge in [-0.15, -0.1) is 0 Å². The van der Waals surface area contributed by atoms with Crippen LogP contribution < -0.4 is 0 Å². The van der Waals surface area contributed by atoms with Gasteiger partial charge in [0.25, 0.3) is 0 Å². The Morgan fingerprint density at radius 1 is 0.436 bits per heavy atom. The van der Waals surface area contributed by atoms with E-state index in [1.165, 1.54) is 44.5 Å². The standard InChI is InChI=1S/C37H44O2/c1-23-29(25-11-15-27(38)16-12-25)19-21-31(33(23)35(3,4)5)37(9,10)32-22-20-30(24(2)34(32)36(6,7)8)26-13-17-28(39)18-14-26/h11-22,38-39H,1-10H3. The Balaban J connectivity index is 1.98. The number of phenolic OH excluding ortho intramolecular Hbond substituents is 2. The van der Waals surface area contributed by atoms with Crippen molar-refractivity contribution in [2.45, 2.75) is 85.5 Å². The Labute approximate surface area is 235 Å². The minimum Gasteiger partial charge on any atom is -0.508 e. The first-order chi connectivity index (χ1) is 18.0. The van der Waals surface area contributed by atoms with Crippen LogP contribution in [0.25, 0.3) is 22.3 Å². The number of phenols is 2. The van der Waals surface area contributed by atoms with Gasteiger partial charge in [-0.3, -0.25) is 0 Å². The van der Waals surface area contributed by atoms with Crippen molar-refractivity contribution in [3.05, 3.63) is 106 Å². The van der Waals surface area contributed by atoms with Crippen molar-refractivity contribution in [3.8, 4) is 33.8 Å². The van der Waals surface area contributed by atoms with Crippen LogP contribution in [-0.4, -0.2) is 10.2 Å². The second-order valence-electron chi connectivity index (χ2n) is 13.5. The van der Waals surface area contributed by atoms with E-state index in [0.29, 0.717) is 0 Å². The van der Waals surface area contributed by atoms with Crippen LogP contribution in [0.5, 0.6) is 11.5 Å². The summed E-state index contributed by atoms with van der Waals surface area (Å²) in [6.45, 7) is 23.0. The van der Waals surface area contributed by atoms with E-state index in [-0.39, 0.29) is 27.7 Å². The Kier molecular flexibility index (Phi) is 7.23. The Hall–Kier alpha value is -3.52. The maximum absolute atomic E-state index is 9.84. The molecule has 2 nitrogen and oxygen atoms in total. The van der Waals surface area contributed by atoms with Crippen LogP contribution in [0.1, 0.15) is 88.8 Å². The number of hydrogen-bond donors (Lipinski definition) is 2. The highest BCUT2D eigenvalue weighted by Gasteiger charge is 2.36. The molecule has 2 N–H and O–H groups in total. The zero-order valence-corrected chi connectivity index (χ0v) is 25.3. The fourth-order valence-electron chi connectivity index (χ4n) is 6.45. The number of benzene rings is 4. The SMILES string of the molecule is Cc1c(-c2ccc(O)cc2)ccc(C(C)(C)c2ccc(-c3ccc(O)cc3)c(C)c2C(C)(C)C)c1C(C)(C)C. The summed E-state index contributed by atoms with van der Waals surface area (Å²) in [4.78, 5) is 0. The molecule has 4 aromatic carbocycles. The first-order valence-electron chi connectivity index (χ1n) is 13.9. The summed E-state index contributed by atoms with van der Waals surface area (Å²) in [5, 5.41) is 19.7. The van der Waals surface area contributed by atoms with Gasteiger partial charge in [0.2, 0.25) is 0 Å². The topological polar surface area (TPSA) is 40.5 Å². The van der Waals surface area contributed by atoms with Crippen molar-refractivity contribution in [1.29, 1.82) is 0 Å². The van der Waals surface area contributed by atoms with Crippen LogP contribution in [-0.2, 0) is 16.2 Å². The lowest BCUT2D eigenvalue weighted by atomic mass is 9.65. The molecular weight excluding hydrogens is 476 g/mol. The van der Waals surface area contributed by atoms with Crippen LogP contribution >= 0.6 is 0 Å². The van der Waals surface area contributed by atoms with Crippen molar-refractivity contribution < 1.29 is 10.2 Å². The molecule has 0 unspecified atom stereocenters. The molecule has 0 aromatic heterocycles. The average Bonchev–Trinajstić information content (AvgIpc) is 2.83. The highest BCUT2D eigenvalue weighted by atomic mass is 16.3. The van der Waals surface area contributed by atoms with E-state index < -0.39 is 0 Å². The van der Waals surface area contributed by atoms with E-state index in [2.05, 4.69) is 93.5 Å². The molecule has 2 heteroatoms. The molecule has 0 heterocycles. The summed E-state index contributed by atoms with van der Waals surface area (Å²) in [6, 6.07) is 24.2. The second-order valence-corrected chi connectivity index (χ2v) is 13.5. The van der Waals surface area contributed by atoms with E-state index in [1.54, 1.807) is 24.3 Å². The molecule has 0 spiro atoms. The Morgan fingerprint density at radius 2 is 0.744 bits per heavy atom. The van der Waals surface area contributed by atoms with Gasteiger partial charge in [-0.25, -0.2) is 0 Å². The first-order valence-corrected chi connectivity index (χ1v) is 13.9. The molecule has 0 atom stereocenters. The normalized spacial score (nSPS) is 12.6. The van der Waals surface area contributed by atoms with Gasteiger partial charge in [0, 0.05) is 5.41 Å². The largest absolute Gasteiger partial charge is 0.508 e. The minimum atomic E-state index is -0.248. The highest BCUT2D eigenvalue weighted by molar-refractivity contribution is 5.74. The van der Waals surface area contributed by atoms with Crippen LogP contribution in [0.3, 0.4) is 0 Å². The van der Waals surface area contributed by atoms with E-state index in [0.717, 1.165) is 11.1 Å². The molecule has 0 saturated carbocycles. The van der Waals surface area contributed by atoms with Gasteiger partial charge >= 0.3 is 0 Å². The predicted molar refractivity (Wildman–Crippen MR) is 166 cm³/mol. The summed E-state index contributed by atoms with van der Waals surface area (Å²) in [5.41, 5.74) is 12.3. The summed E-state index contributed by atoms with van der Waals surface area (Å²) in [7, 11) is 0. The zero-order chi connectivity index (χ0) is 28.9. The second kappa shape index (κ2) is 9.90. The number of rotatable bonds is 4. The van der Waals surface area contributed by atoms with Crippen LogP contribution in [0.2, 0.25) is 0 Å². The lowest BCUT2D eigenvalue weighted by Gasteiger charge is -2.39. The monoisotopic (exact) mass is 520 g/mol. The fourth-order valence-corrected chi connectivity index (χ4v) is 6.45. The summed E-state index contributed by atoms with van der Waals surface area (Å²) in [6.07, 6.45) is 0. The molecule has 0 saturated heterocycles. The average molecular weight is 521 g/mol. The molecular formula is C37H44O2. The van der Waals surface area contributed by atoms with Crippen LogP contribution in [0.15, 0.2) is 72.8 Å². The lowest BCUT2D eigenvalue weighted by molar-refractivity contribution is 0.475. The predicted octanol–water partition coefficient (Wildman–Crippen LogP) is 9.97. The maximum atomic E-state index is 9.84. The molecule has 0 radical (unpaired) electrons. The third kappa shape index (κ3) is 5.35. The van der Waals surface area contributed by atoms with Gasteiger partial charge in [0.05, 0.1) is 0 Å². The van der Waals surface area contributed by atoms with E-state index in [9.17, 15) is 10.2 Å². The minimum absolute atomic E-state index is 0.0630. The molecule has 204 valence electrons. The zero-order valence-electron chi connectivity index (χ0n) is 25.3. The van der Waals surface area contributed by atoms with Gasteiger partial charge in [-0.05, 0) is 105 Å². The number of hydrogen-bond acceptors (Lipinski definition) is 2. The highest BCUT2D eigenvalue weighted by Crippen LogP contribution is 2.47. The van der Waals surface area contributed by atoms with Gasteiger partial charge < -0.3 is 10.2 Å². The summed E-state index contributed by atoms with van der Waals surface area (Å²) < 4.78 is 0. The van der Waals surface area contributed by atoms with E-state index >= 15 is 0 Å². The fraction of sp³-hybridized carbons (Fsp3) is 0.351. The number of aromatic hydroxyl groups is 2. The molecule has 0 aliphatic heterocycles. The van der Waals surface area contributed by atoms with Crippen molar-refractivity contribution in [2.75, 3.05) is 0 Å². The third-order valence-corrected chi connectivity index (χ3v) is 8.13. The van der Waals surface area contributed by atoms with Gasteiger partial charge in [-0.1, -0.05) is 104 Å². The molecule has 4 rings (SSSR count). The molecule has 0 bridgehead atoms. The third-order valence-electron chi connectivity index (χ3n) is 8.13. The van der Waals surface area contributed by atoms with Crippen molar-refractivity contribution in [3.63, 3.8) is 0 Å². The smallest absolute Gasteiger partial charge is 0.115 e. The Bertz CT molecular complexity index is 1380. The van der Waals surface area contributed by atoms with Gasteiger partial charge in [0.15, 0.2) is 0 Å². The van der Waals surface area contributed by atoms with Crippen LogP contribution in [0.4, 0.5) is 0 Å². The maximum Gasteiger partial charge on any atom is 0.115 e. The van der Waals surface area contributed by atoms with Gasteiger partial charge in [0.1, 0.15) is 11.5 Å². The van der Waals surface area contributed by atoms with Crippen LogP contribution in [0, 0.1) is 13.8 Å². The molecule has 0 amide bonds. The van der Waals surface area contributed by atoms with Crippen molar-refractivity contribution >= 4 is 0 Å². The van der Waals surface area contributed by atoms with Gasteiger partial charge in [-0.2, -0.15) is 0 Å². The van der Waals surface area contributed by atoms with Crippen molar-refractivity contribution in [1.82, 2.24) is 0 Å². The van der Waals surface area contributed by atoms with E-state index in [4.69, 9.17) is 0 Å². The molecule has 4 aromatic rings. The Morgan fingerprint density at radius 3 is 1.03 bits per heavy atom. The molecule has 39 heavy (non-hydrogen) atoms. The summed E-state index contributed by atoms with van der Waals surface area (Å²) >= 11 is 0. The van der Waals surface area contributed by atoms with E-state index in [1.807, 2.05) is 24.3 Å². The lowest BCUT2D eigenvalue weighted by Crippen LogP contribution is -2.30.